The summed E-state index contributed by atoms with van der Waals surface area (Å²) in [7, 11) is 0. The predicted octanol–water partition coefficient (Wildman–Crippen LogP) is 5.63. The monoisotopic (exact) mass is 541 g/mol. The third-order valence-electron chi connectivity index (χ3n) is 8.43. The Morgan fingerprint density at radius 3 is 2.58 bits per heavy atom. The molecule has 0 saturated heterocycles. The Balaban J connectivity index is 1.53. The van der Waals surface area contributed by atoms with Crippen molar-refractivity contribution in [1.29, 1.82) is 0 Å². The lowest BCUT2D eigenvalue weighted by Crippen LogP contribution is -2.37. The number of H-pyrrole nitrogens is 1. The zero-order chi connectivity index (χ0) is 28.1. The van der Waals surface area contributed by atoms with Crippen molar-refractivity contribution in [2.45, 2.75) is 84.7 Å². The van der Waals surface area contributed by atoms with Gasteiger partial charge in [-0.05, 0) is 71.7 Å². The number of tetrazole rings is 1. The molecule has 0 amide bonds. The third-order valence-corrected chi connectivity index (χ3v) is 8.43. The van der Waals surface area contributed by atoms with Crippen LogP contribution in [-0.2, 0) is 17.8 Å². The first-order valence-corrected chi connectivity index (χ1v) is 14.6. The molecule has 0 aliphatic heterocycles. The van der Waals surface area contributed by atoms with Crippen LogP contribution < -0.4 is 5.69 Å². The maximum atomic E-state index is 14.2. The second-order valence-electron chi connectivity index (χ2n) is 11.2. The fourth-order valence-electron chi connectivity index (χ4n) is 6.24. The molecule has 0 bridgehead atoms. The summed E-state index contributed by atoms with van der Waals surface area (Å²) in [5.41, 5.74) is 4.92. The summed E-state index contributed by atoms with van der Waals surface area (Å²) in [6, 6.07) is 9.92. The lowest BCUT2D eigenvalue weighted by atomic mass is 9.78. The molecule has 9 nitrogen and oxygen atoms in total. The maximum absolute atomic E-state index is 14.2. The molecule has 9 heteroatoms. The number of benzene rings is 1. The standard InChI is InChI=1S/C31H39N7O2/c1-4-5-10-26-20-38(29-21(2)9-7-6-8-11-27(29)22(3)39)31(40)37(26)19-25-18-32-17-16-28(25)23-12-14-24(15-13-23)30-33-35-36-34-30/h12-18,20-21,27,29H,4-11,19H2,1-3H3,(H,33,34,35,36). The van der Waals surface area contributed by atoms with Gasteiger partial charge in [0.15, 0.2) is 5.82 Å². The molecule has 1 aliphatic carbocycles. The van der Waals surface area contributed by atoms with Crippen LogP contribution >= 0.6 is 0 Å². The van der Waals surface area contributed by atoms with E-state index in [0.717, 1.165) is 79.3 Å². The summed E-state index contributed by atoms with van der Waals surface area (Å²) in [5.74, 6) is 0.929. The van der Waals surface area contributed by atoms with E-state index >= 15 is 0 Å². The van der Waals surface area contributed by atoms with Crippen LogP contribution in [0, 0.1) is 11.8 Å². The van der Waals surface area contributed by atoms with Crippen molar-refractivity contribution in [2.24, 2.45) is 11.8 Å². The lowest BCUT2D eigenvalue weighted by Gasteiger charge is -2.33. The molecule has 1 N–H and O–H groups in total. The van der Waals surface area contributed by atoms with Gasteiger partial charge in [0, 0.05) is 35.8 Å². The predicted molar refractivity (Wildman–Crippen MR) is 155 cm³/mol. The smallest absolute Gasteiger partial charge is 0.300 e. The van der Waals surface area contributed by atoms with E-state index in [1.807, 2.05) is 51.9 Å². The van der Waals surface area contributed by atoms with E-state index in [-0.39, 0.29) is 29.4 Å². The van der Waals surface area contributed by atoms with E-state index < -0.39 is 0 Å². The number of pyridine rings is 1. The Morgan fingerprint density at radius 2 is 1.85 bits per heavy atom. The minimum Gasteiger partial charge on any atom is -0.300 e. The highest BCUT2D eigenvalue weighted by Gasteiger charge is 2.34. The zero-order valence-electron chi connectivity index (χ0n) is 23.7. The molecule has 1 saturated carbocycles. The summed E-state index contributed by atoms with van der Waals surface area (Å²) >= 11 is 0. The second kappa shape index (κ2) is 12.5. The number of nitrogens with one attached hydrogen (secondary N) is 1. The highest BCUT2D eigenvalue weighted by atomic mass is 16.2. The van der Waals surface area contributed by atoms with Crippen LogP contribution in [-0.4, -0.2) is 40.5 Å². The van der Waals surface area contributed by atoms with E-state index in [4.69, 9.17) is 0 Å². The molecule has 3 heterocycles. The lowest BCUT2D eigenvalue weighted by molar-refractivity contribution is -0.123. The van der Waals surface area contributed by atoms with Crippen molar-refractivity contribution in [1.82, 2.24) is 34.7 Å². The molecule has 40 heavy (non-hydrogen) atoms. The molecule has 1 aromatic carbocycles. The van der Waals surface area contributed by atoms with Gasteiger partial charge in [0.05, 0.1) is 12.6 Å². The van der Waals surface area contributed by atoms with E-state index in [1.54, 1.807) is 13.1 Å². The van der Waals surface area contributed by atoms with Gasteiger partial charge in [-0.15, -0.1) is 5.10 Å². The van der Waals surface area contributed by atoms with E-state index in [2.05, 4.69) is 39.5 Å². The van der Waals surface area contributed by atoms with Gasteiger partial charge in [-0.2, -0.15) is 0 Å². The Bertz CT molecular complexity index is 1470. The fraction of sp³-hybridized carbons (Fsp3) is 0.484. The van der Waals surface area contributed by atoms with Gasteiger partial charge < -0.3 is 0 Å². The molecular weight excluding hydrogens is 502 g/mol. The number of aryl methyl sites for hydroxylation is 1. The van der Waals surface area contributed by atoms with Crippen LogP contribution in [0.3, 0.4) is 0 Å². The fourth-order valence-corrected chi connectivity index (χ4v) is 6.24. The number of carbonyl (C=O) groups excluding carboxylic acids is 1. The van der Waals surface area contributed by atoms with Crippen LogP contribution in [0.2, 0.25) is 0 Å². The van der Waals surface area contributed by atoms with E-state index in [0.29, 0.717) is 12.4 Å². The van der Waals surface area contributed by atoms with Gasteiger partial charge in [0.1, 0.15) is 5.78 Å². The van der Waals surface area contributed by atoms with Crippen molar-refractivity contribution in [2.75, 3.05) is 0 Å². The topological polar surface area (TPSA) is 111 Å². The molecule has 3 unspecified atom stereocenters. The number of carbonyl (C=O) groups is 1. The zero-order valence-corrected chi connectivity index (χ0v) is 23.7. The molecule has 3 aromatic heterocycles. The number of nitrogens with zero attached hydrogens (tertiary/aromatic N) is 6. The second-order valence-corrected chi connectivity index (χ2v) is 11.2. The number of hydrogen-bond acceptors (Lipinski definition) is 6. The Kier molecular flexibility index (Phi) is 8.67. The molecule has 1 fully saturated rings. The Labute approximate surface area is 235 Å². The summed E-state index contributed by atoms with van der Waals surface area (Å²) < 4.78 is 3.82. The van der Waals surface area contributed by atoms with Crippen LogP contribution in [0.4, 0.5) is 0 Å². The number of ketones is 1. The van der Waals surface area contributed by atoms with Crippen LogP contribution in [0.5, 0.6) is 0 Å². The molecule has 210 valence electrons. The van der Waals surface area contributed by atoms with Crippen molar-refractivity contribution in [3.05, 3.63) is 70.7 Å². The first-order valence-electron chi connectivity index (χ1n) is 14.6. The average molecular weight is 542 g/mol. The molecule has 0 radical (unpaired) electrons. The number of aromatic amines is 1. The van der Waals surface area contributed by atoms with Crippen molar-refractivity contribution in [3.8, 4) is 22.5 Å². The number of Topliss-reactive ketones (excluding diaryl/α,β-unsaturated/α-hetero) is 1. The number of unbranched alkanes of at least 4 members (excludes halogenated alkanes) is 1. The number of hydrogen-bond donors (Lipinski definition) is 1. The van der Waals surface area contributed by atoms with E-state index in [1.165, 1.54) is 0 Å². The highest BCUT2D eigenvalue weighted by Crippen LogP contribution is 2.36. The minimum absolute atomic E-state index is 0.0299. The minimum atomic E-state index is -0.130. The van der Waals surface area contributed by atoms with E-state index in [9.17, 15) is 9.59 Å². The summed E-state index contributed by atoms with van der Waals surface area (Å²) in [6.07, 6.45) is 13.8. The van der Waals surface area contributed by atoms with Crippen molar-refractivity contribution < 1.29 is 4.79 Å². The molecular formula is C31H39N7O2. The van der Waals surface area contributed by atoms with Gasteiger partial charge in [0.2, 0.25) is 0 Å². The van der Waals surface area contributed by atoms with Gasteiger partial charge >= 0.3 is 5.69 Å². The van der Waals surface area contributed by atoms with Crippen molar-refractivity contribution >= 4 is 5.78 Å². The summed E-state index contributed by atoms with van der Waals surface area (Å²) in [4.78, 5) is 31.4. The first kappa shape index (κ1) is 27.7. The first-order chi connectivity index (χ1) is 19.5. The third kappa shape index (κ3) is 5.83. The average Bonchev–Trinajstić information content (AvgIpc) is 3.59. The van der Waals surface area contributed by atoms with Crippen LogP contribution in [0.15, 0.2) is 53.7 Å². The number of imidazole rings is 1. The molecule has 0 spiro atoms. The molecule has 3 atom stereocenters. The maximum Gasteiger partial charge on any atom is 0.328 e. The number of rotatable bonds is 9. The summed E-state index contributed by atoms with van der Waals surface area (Å²) in [5, 5.41) is 14.1. The Hall–Kier alpha value is -3.88. The SMILES string of the molecule is CCCCc1cn(C2C(C)CCCCCC2C(C)=O)c(=O)n1Cc1cnccc1-c1ccc(-c2nnn[nH]2)cc1. The van der Waals surface area contributed by atoms with Gasteiger partial charge in [-0.1, -0.05) is 63.8 Å². The number of aromatic nitrogens is 7. The highest BCUT2D eigenvalue weighted by molar-refractivity contribution is 5.78. The normalized spacial score (nSPS) is 19.7. The summed E-state index contributed by atoms with van der Waals surface area (Å²) in [6.45, 7) is 6.49. The molecule has 1 aliphatic rings. The Morgan fingerprint density at radius 1 is 1.07 bits per heavy atom. The largest absolute Gasteiger partial charge is 0.328 e. The van der Waals surface area contributed by atoms with Gasteiger partial charge in [-0.25, -0.2) is 9.89 Å². The van der Waals surface area contributed by atoms with Crippen LogP contribution in [0.25, 0.3) is 22.5 Å². The quantitative estimate of drug-likeness (QED) is 0.294. The van der Waals surface area contributed by atoms with Crippen molar-refractivity contribution in [3.63, 3.8) is 0 Å². The van der Waals surface area contributed by atoms with Gasteiger partial charge in [0.25, 0.3) is 0 Å². The molecule has 4 aromatic rings. The van der Waals surface area contributed by atoms with Crippen LogP contribution in [0.1, 0.15) is 83.0 Å². The molecule has 5 rings (SSSR count). The van der Waals surface area contributed by atoms with Gasteiger partial charge in [-0.3, -0.25) is 18.9 Å².